The van der Waals surface area contributed by atoms with Crippen molar-refractivity contribution in [2.75, 3.05) is 24.5 Å². The van der Waals surface area contributed by atoms with Crippen molar-refractivity contribution in [1.29, 1.82) is 0 Å². The van der Waals surface area contributed by atoms with Gasteiger partial charge in [-0.1, -0.05) is 12.2 Å². The molecule has 1 aromatic carbocycles. The van der Waals surface area contributed by atoms with Gasteiger partial charge in [0.2, 0.25) is 5.91 Å². The van der Waals surface area contributed by atoms with E-state index in [9.17, 15) is 18.0 Å². The Morgan fingerprint density at radius 2 is 2.10 bits per heavy atom. The fraction of sp³-hybridized carbons (Fsp3) is 0.385. The van der Waals surface area contributed by atoms with Crippen LogP contribution >= 0.6 is 12.2 Å². The summed E-state index contributed by atoms with van der Waals surface area (Å²) < 4.78 is 38.3. The first-order valence-corrected chi connectivity index (χ1v) is 6.72. The minimum Gasteiger partial charge on any atom is -0.389 e. The van der Waals surface area contributed by atoms with E-state index in [0.717, 1.165) is 12.1 Å². The van der Waals surface area contributed by atoms with Crippen molar-refractivity contribution >= 4 is 28.8 Å². The molecular weight excluding hydrogens is 303 g/mol. The summed E-state index contributed by atoms with van der Waals surface area (Å²) in [5.74, 6) is -0.179. The summed E-state index contributed by atoms with van der Waals surface area (Å²) in [6, 6.07) is 3.22. The van der Waals surface area contributed by atoms with Crippen LogP contribution in [-0.2, 0) is 11.0 Å². The van der Waals surface area contributed by atoms with Crippen LogP contribution in [0.1, 0.15) is 17.5 Å². The van der Waals surface area contributed by atoms with Gasteiger partial charge >= 0.3 is 6.18 Å². The molecular formula is C13H14F3N3OS. The molecule has 1 amide bonds. The third-order valence-electron chi connectivity index (χ3n) is 3.19. The van der Waals surface area contributed by atoms with Crippen molar-refractivity contribution in [3.63, 3.8) is 0 Å². The lowest BCUT2D eigenvalue weighted by molar-refractivity contribution is -0.137. The standard InChI is InChI=1S/C13H14F3N3OS/c14-13(15,16)8-2-3-10(9(6-8)12(17)21)19-5-1-4-18-11(20)7-19/h2-3,6H,1,4-5,7H2,(H2,17,21)(H,18,20). The average Bonchev–Trinajstić information content (AvgIpc) is 2.61. The fourth-order valence-corrected chi connectivity index (χ4v) is 2.36. The van der Waals surface area contributed by atoms with Gasteiger partial charge in [-0.15, -0.1) is 0 Å². The smallest absolute Gasteiger partial charge is 0.389 e. The SMILES string of the molecule is NC(=S)c1cc(C(F)(F)F)ccc1N1CCCNC(=O)C1. The summed E-state index contributed by atoms with van der Waals surface area (Å²) in [7, 11) is 0. The van der Waals surface area contributed by atoms with E-state index in [2.05, 4.69) is 5.32 Å². The number of rotatable bonds is 2. The molecule has 1 aliphatic heterocycles. The maximum atomic E-state index is 12.8. The van der Waals surface area contributed by atoms with Gasteiger partial charge in [0.1, 0.15) is 4.99 Å². The first kappa shape index (κ1) is 15.6. The number of carbonyl (C=O) groups excluding carboxylic acids is 1. The predicted octanol–water partition coefficient (Wildman–Crippen LogP) is 1.67. The first-order valence-electron chi connectivity index (χ1n) is 6.32. The van der Waals surface area contributed by atoms with Crippen LogP contribution in [0.25, 0.3) is 0 Å². The van der Waals surface area contributed by atoms with Crippen LogP contribution in [0.4, 0.5) is 18.9 Å². The summed E-state index contributed by atoms with van der Waals surface area (Å²) in [5, 5.41) is 2.70. The number of anilines is 1. The maximum Gasteiger partial charge on any atom is 0.416 e. The van der Waals surface area contributed by atoms with E-state index in [1.54, 1.807) is 4.90 Å². The monoisotopic (exact) mass is 317 g/mol. The fourth-order valence-electron chi connectivity index (χ4n) is 2.20. The Morgan fingerprint density at radius 3 is 2.71 bits per heavy atom. The second-order valence-corrected chi connectivity index (χ2v) is 5.16. The molecule has 1 aromatic rings. The minimum atomic E-state index is -4.46. The number of nitrogens with two attached hydrogens (primary N) is 1. The number of hydrogen-bond acceptors (Lipinski definition) is 3. The Morgan fingerprint density at radius 1 is 1.38 bits per heavy atom. The Bertz CT molecular complexity index is 574. The molecule has 0 aliphatic carbocycles. The van der Waals surface area contributed by atoms with Gasteiger partial charge in [0.25, 0.3) is 0 Å². The Kier molecular flexibility index (Phi) is 4.36. The molecule has 1 aliphatic rings. The predicted molar refractivity (Wildman–Crippen MR) is 77.2 cm³/mol. The van der Waals surface area contributed by atoms with Gasteiger partial charge in [-0.2, -0.15) is 13.2 Å². The number of thiocarbonyl (C=S) groups is 1. The van der Waals surface area contributed by atoms with E-state index in [0.29, 0.717) is 25.2 Å². The topological polar surface area (TPSA) is 58.4 Å². The molecule has 0 bridgehead atoms. The van der Waals surface area contributed by atoms with E-state index >= 15 is 0 Å². The summed E-state index contributed by atoms with van der Waals surface area (Å²) >= 11 is 4.85. The molecule has 0 radical (unpaired) electrons. The van der Waals surface area contributed by atoms with Crippen LogP contribution in [0.3, 0.4) is 0 Å². The molecule has 0 spiro atoms. The van der Waals surface area contributed by atoms with Crippen LogP contribution in [0.5, 0.6) is 0 Å². The van der Waals surface area contributed by atoms with Crippen molar-refractivity contribution in [2.45, 2.75) is 12.6 Å². The number of benzene rings is 1. The van der Waals surface area contributed by atoms with E-state index in [-0.39, 0.29) is 23.0 Å². The third kappa shape index (κ3) is 3.63. The van der Waals surface area contributed by atoms with Gasteiger partial charge in [-0.25, -0.2) is 0 Å². The van der Waals surface area contributed by atoms with Crippen molar-refractivity contribution in [2.24, 2.45) is 5.73 Å². The summed E-state index contributed by atoms with van der Waals surface area (Å²) in [6.45, 7) is 1.15. The van der Waals surface area contributed by atoms with Crippen molar-refractivity contribution in [3.8, 4) is 0 Å². The lowest BCUT2D eigenvalue weighted by atomic mass is 10.1. The Hall–Kier alpha value is -1.83. The van der Waals surface area contributed by atoms with Crippen LogP contribution in [0.15, 0.2) is 18.2 Å². The zero-order valence-corrected chi connectivity index (χ0v) is 11.9. The van der Waals surface area contributed by atoms with Crippen molar-refractivity contribution < 1.29 is 18.0 Å². The van der Waals surface area contributed by atoms with Gasteiger partial charge in [0.05, 0.1) is 12.1 Å². The molecule has 114 valence electrons. The molecule has 1 fully saturated rings. The molecule has 0 unspecified atom stereocenters. The van der Waals surface area contributed by atoms with Crippen molar-refractivity contribution in [3.05, 3.63) is 29.3 Å². The van der Waals surface area contributed by atoms with Gasteiger partial charge in [-0.3, -0.25) is 4.79 Å². The minimum absolute atomic E-state index is 0.0704. The van der Waals surface area contributed by atoms with E-state index in [1.165, 1.54) is 6.07 Å². The summed E-state index contributed by atoms with van der Waals surface area (Å²) in [4.78, 5) is 13.1. The normalized spacial score (nSPS) is 16.3. The molecule has 21 heavy (non-hydrogen) atoms. The maximum absolute atomic E-state index is 12.8. The number of nitrogens with zero attached hydrogens (tertiary/aromatic N) is 1. The van der Waals surface area contributed by atoms with E-state index in [4.69, 9.17) is 18.0 Å². The highest BCUT2D eigenvalue weighted by molar-refractivity contribution is 7.80. The highest BCUT2D eigenvalue weighted by atomic mass is 32.1. The Balaban J connectivity index is 2.43. The molecule has 3 N–H and O–H groups in total. The molecule has 4 nitrogen and oxygen atoms in total. The average molecular weight is 317 g/mol. The third-order valence-corrected chi connectivity index (χ3v) is 3.41. The molecule has 1 heterocycles. The second-order valence-electron chi connectivity index (χ2n) is 4.72. The molecule has 0 saturated carbocycles. The molecule has 0 atom stereocenters. The zero-order valence-electron chi connectivity index (χ0n) is 11.0. The van der Waals surface area contributed by atoms with Crippen LogP contribution in [-0.4, -0.2) is 30.5 Å². The summed E-state index contributed by atoms with van der Waals surface area (Å²) in [6.07, 6.45) is -3.77. The number of amides is 1. The van der Waals surface area contributed by atoms with Gasteiger partial charge in [0.15, 0.2) is 0 Å². The number of alkyl halides is 3. The highest BCUT2D eigenvalue weighted by Crippen LogP contribution is 2.33. The lowest BCUT2D eigenvalue weighted by Gasteiger charge is -2.24. The van der Waals surface area contributed by atoms with Crippen LogP contribution in [0.2, 0.25) is 0 Å². The first-order chi connectivity index (χ1) is 9.79. The highest BCUT2D eigenvalue weighted by Gasteiger charge is 2.32. The van der Waals surface area contributed by atoms with Gasteiger partial charge in [-0.05, 0) is 24.6 Å². The molecule has 8 heteroatoms. The summed E-state index contributed by atoms with van der Waals surface area (Å²) in [5.41, 5.74) is 5.32. The second kappa shape index (κ2) is 5.88. The van der Waals surface area contributed by atoms with Gasteiger partial charge < -0.3 is 16.0 Å². The number of halogens is 3. The van der Waals surface area contributed by atoms with E-state index < -0.39 is 11.7 Å². The number of carbonyl (C=O) groups is 1. The largest absolute Gasteiger partial charge is 0.416 e. The number of nitrogens with one attached hydrogen (secondary N) is 1. The van der Waals surface area contributed by atoms with Crippen LogP contribution in [0, 0.1) is 0 Å². The quantitative estimate of drug-likeness (QED) is 0.815. The number of hydrogen-bond donors (Lipinski definition) is 2. The van der Waals surface area contributed by atoms with Gasteiger partial charge in [0, 0.05) is 24.3 Å². The zero-order chi connectivity index (χ0) is 15.6. The molecule has 2 rings (SSSR count). The van der Waals surface area contributed by atoms with E-state index in [1.807, 2.05) is 0 Å². The molecule has 0 aromatic heterocycles. The van der Waals surface area contributed by atoms with Crippen LogP contribution < -0.4 is 16.0 Å². The molecule has 1 saturated heterocycles. The lowest BCUT2D eigenvalue weighted by Crippen LogP contribution is -2.34. The van der Waals surface area contributed by atoms with Crippen molar-refractivity contribution in [1.82, 2.24) is 5.32 Å². The Labute approximate surface area is 125 Å².